The molecule has 1 aromatic heterocycles. The highest BCUT2D eigenvalue weighted by atomic mass is 14.9. The van der Waals surface area contributed by atoms with Gasteiger partial charge >= 0.3 is 0 Å². The molecule has 0 spiro atoms. The third-order valence-corrected chi connectivity index (χ3v) is 2.21. The molecule has 16 heavy (non-hydrogen) atoms. The fourth-order valence-corrected chi connectivity index (χ4v) is 1.37. The average Bonchev–Trinajstić information content (AvgIpc) is 2.73. The Bertz CT molecular complexity index is 541. The molecule has 0 aliphatic rings. The van der Waals surface area contributed by atoms with Crippen LogP contribution in [0, 0.1) is 11.3 Å². The van der Waals surface area contributed by atoms with Crippen molar-refractivity contribution in [2.24, 2.45) is 12.0 Å². The van der Waals surface area contributed by atoms with Crippen LogP contribution in [0.4, 0.5) is 5.69 Å². The summed E-state index contributed by atoms with van der Waals surface area (Å²) in [4.78, 5) is 4.32. The quantitative estimate of drug-likeness (QED) is 0.701. The average molecular weight is 209 g/mol. The highest BCUT2D eigenvalue weighted by Gasteiger charge is 1.92. The van der Waals surface area contributed by atoms with Gasteiger partial charge in [0.15, 0.2) is 0 Å². The van der Waals surface area contributed by atoms with Crippen LogP contribution in [0.3, 0.4) is 0 Å². The Labute approximate surface area is 94.3 Å². The molecule has 0 N–H and O–H groups in total. The third-order valence-electron chi connectivity index (χ3n) is 2.21. The van der Waals surface area contributed by atoms with E-state index in [2.05, 4.69) is 11.1 Å². The Morgan fingerprint density at radius 2 is 2.00 bits per heavy atom. The lowest BCUT2D eigenvalue weighted by molar-refractivity contribution is 0.927. The minimum Gasteiger partial charge on any atom is -0.357 e. The van der Waals surface area contributed by atoms with E-state index >= 15 is 0 Å². The van der Waals surface area contributed by atoms with Crippen molar-refractivity contribution >= 4 is 11.9 Å². The number of rotatable bonds is 2. The van der Waals surface area contributed by atoms with E-state index in [1.165, 1.54) is 0 Å². The van der Waals surface area contributed by atoms with E-state index in [9.17, 15) is 0 Å². The first-order chi connectivity index (χ1) is 7.78. The van der Waals surface area contributed by atoms with Crippen molar-refractivity contribution in [2.45, 2.75) is 0 Å². The summed E-state index contributed by atoms with van der Waals surface area (Å²) >= 11 is 0. The standard InChI is InChI=1S/C13H11N3/c1-16-7-6-12(10-16)9-15-13-4-2-11(8-14)3-5-13/h2-7,9-10H,1H3. The summed E-state index contributed by atoms with van der Waals surface area (Å²) in [6, 6.07) is 11.3. The van der Waals surface area contributed by atoms with Crippen LogP contribution in [0.5, 0.6) is 0 Å². The van der Waals surface area contributed by atoms with Gasteiger partial charge in [-0.15, -0.1) is 0 Å². The van der Waals surface area contributed by atoms with Gasteiger partial charge < -0.3 is 4.57 Å². The molecular formula is C13H11N3. The van der Waals surface area contributed by atoms with Gasteiger partial charge in [0.05, 0.1) is 17.3 Å². The molecule has 0 saturated heterocycles. The van der Waals surface area contributed by atoms with E-state index in [-0.39, 0.29) is 0 Å². The first-order valence-electron chi connectivity index (χ1n) is 4.94. The number of aryl methyl sites for hydroxylation is 1. The molecule has 0 atom stereocenters. The zero-order valence-corrected chi connectivity index (χ0v) is 8.96. The maximum atomic E-state index is 8.65. The first-order valence-corrected chi connectivity index (χ1v) is 4.94. The number of nitriles is 1. The number of hydrogen-bond acceptors (Lipinski definition) is 2. The maximum absolute atomic E-state index is 8.65. The monoisotopic (exact) mass is 209 g/mol. The van der Waals surface area contributed by atoms with Crippen LogP contribution in [0.15, 0.2) is 47.7 Å². The fraction of sp³-hybridized carbons (Fsp3) is 0.0769. The molecule has 2 rings (SSSR count). The van der Waals surface area contributed by atoms with E-state index in [1.54, 1.807) is 18.3 Å². The molecule has 0 bridgehead atoms. The Morgan fingerprint density at radius 3 is 2.56 bits per heavy atom. The predicted octanol–water partition coefficient (Wildman–Crippen LogP) is 2.65. The molecule has 0 amide bonds. The molecule has 0 aliphatic carbocycles. The summed E-state index contributed by atoms with van der Waals surface area (Å²) in [5.74, 6) is 0. The van der Waals surface area contributed by atoms with Gasteiger partial charge in [0.25, 0.3) is 0 Å². The summed E-state index contributed by atoms with van der Waals surface area (Å²) in [5.41, 5.74) is 2.56. The molecule has 0 saturated carbocycles. The van der Waals surface area contributed by atoms with Crippen molar-refractivity contribution in [3.8, 4) is 6.07 Å². The first kappa shape index (κ1) is 10.2. The van der Waals surface area contributed by atoms with E-state index in [4.69, 9.17) is 5.26 Å². The molecule has 0 aliphatic heterocycles. The van der Waals surface area contributed by atoms with Gasteiger partial charge in [0, 0.05) is 31.2 Å². The smallest absolute Gasteiger partial charge is 0.0991 e. The van der Waals surface area contributed by atoms with Gasteiger partial charge in [-0.2, -0.15) is 5.26 Å². The van der Waals surface area contributed by atoms with Crippen molar-refractivity contribution < 1.29 is 0 Å². The van der Waals surface area contributed by atoms with E-state index in [1.807, 2.05) is 42.2 Å². The van der Waals surface area contributed by atoms with Gasteiger partial charge in [-0.05, 0) is 30.3 Å². The van der Waals surface area contributed by atoms with Crippen LogP contribution in [0.2, 0.25) is 0 Å². The van der Waals surface area contributed by atoms with Gasteiger partial charge in [-0.25, -0.2) is 0 Å². The molecule has 3 nitrogen and oxygen atoms in total. The normalized spacial score (nSPS) is 10.5. The van der Waals surface area contributed by atoms with Crippen molar-refractivity contribution in [1.82, 2.24) is 4.57 Å². The molecule has 0 fully saturated rings. The van der Waals surface area contributed by atoms with Crippen molar-refractivity contribution in [3.63, 3.8) is 0 Å². The van der Waals surface area contributed by atoms with Gasteiger partial charge in [0.1, 0.15) is 0 Å². The largest absolute Gasteiger partial charge is 0.357 e. The van der Waals surface area contributed by atoms with Crippen LogP contribution in [-0.2, 0) is 7.05 Å². The third kappa shape index (κ3) is 2.37. The lowest BCUT2D eigenvalue weighted by atomic mass is 10.2. The van der Waals surface area contributed by atoms with Gasteiger partial charge in [-0.1, -0.05) is 0 Å². The van der Waals surface area contributed by atoms with Crippen molar-refractivity contribution in [3.05, 3.63) is 53.9 Å². The highest BCUT2D eigenvalue weighted by Crippen LogP contribution is 2.12. The summed E-state index contributed by atoms with van der Waals surface area (Å²) in [6.45, 7) is 0. The second-order valence-corrected chi connectivity index (χ2v) is 3.53. The minimum atomic E-state index is 0.652. The Hall–Kier alpha value is -2.34. The molecule has 0 unspecified atom stereocenters. The lowest BCUT2D eigenvalue weighted by Gasteiger charge is -1.92. The van der Waals surface area contributed by atoms with Crippen LogP contribution in [0.25, 0.3) is 0 Å². The summed E-state index contributed by atoms with van der Waals surface area (Å²) in [7, 11) is 1.97. The molecule has 1 aromatic carbocycles. The fourth-order valence-electron chi connectivity index (χ4n) is 1.37. The molecule has 78 valence electrons. The zero-order valence-electron chi connectivity index (χ0n) is 8.96. The van der Waals surface area contributed by atoms with Gasteiger partial charge in [0.2, 0.25) is 0 Å². The highest BCUT2D eigenvalue weighted by molar-refractivity contribution is 5.81. The van der Waals surface area contributed by atoms with E-state index in [0.29, 0.717) is 5.56 Å². The molecular weight excluding hydrogens is 198 g/mol. The van der Waals surface area contributed by atoms with Crippen LogP contribution in [-0.4, -0.2) is 10.8 Å². The van der Waals surface area contributed by atoms with Crippen molar-refractivity contribution in [1.29, 1.82) is 5.26 Å². The lowest BCUT2D eigenvalue weighted by Crippen LogP contribution is -1.80. The molecule has 3 heteroatoms. The van der Waals surface area contributed by atoms with Crippen LogP contribution in [0.1, 0.15) is 11.1 Å². The second kappa shape index (κ2) is 4.45. The number of benzene rings is 1. The topological polar surface area (TPSA) is 41.1 Å². The predicted molar refractivity (Wildman–Crippen MR) is 63.8 cm³/mol. The van der Waals surface area contributed by atoms with Crippen LogP contribution >= 0.6 is 0 Å². The van der Waals surface area contributed by atoms with E-state index in [0.717, 1.165) is 11.3 Å². The summed E-state index contributed by atoms with van der Waals surface area (Å²) in [5, 5.41) is 8.65. The molecule has 2 aromatic rings. The Morgan fingerprint density at radius 1 is 1.25 bits per heavy atom. The molecule has 0 radical (unpaired) electrons. The zero-order chi connectivity index (χ0) is 11.4. The minimum absolute atomic E-state index is 0.652. The van der Waals surface area contributed by atoms with Crippen LogP contribution < -0.4 is 0 Å². The number of nitrogens with zero attached hydrogens (tertiary/aromatic N) is 3. The summed E-state index contributed by atoms with van der Waals surface area (Å²) < 4.78 is 1.97. The SMILES string of the molecule is Cn1ccc(C=Nc2ccc(C#N)cc2)c1. The summed E-state index contributed by atoms with van der Waals surface area (Å²) in [6.07, 6.45) is 5.77. The van der Waals surface area contributed by atoms with E-state index < -0.39 is 0 Å². The number of hydrogen-bond donors (Lipinski definition) is 0. The Balaban J connectivity index is 2.15. The second-order valence-electron chi connectivity index (χ2n) is 3.53. The Kier molecular flexibility index (Phi) is 2.84. The number of aromatic nitrogens is 1. The van der Waals surface area contributed by atoms with Gasteiger partial charge in [-0.3, -0.25) is 4.99 Å². The maximum Gasteiger partial charge on any atom is 0.0991 e. The molecule has 1 heterocycles. The number of aliphatic imine (C=N–C) groups is 1. The van der Waals surface area contributed by atoms with Crippen molar-refractivity contribution in [2.75, 3.05) is 0 Å².